The first-order chi connectivity index (χ1) is 27.6. The molecule has 2 fully saturated rings. The van der Waals surface area contributed by atoms with E-state index in [2.05, 4.69) is 10.7 Å². The Kier molecular flexibility index (Phi) is 12.9. The van der Waals surface area contributed by atoms with Crippen molar-refractivity contribution in [3.8, 4) is 11.5 Å². The van der Waals surface area contributed by atoms with Crippen molar-refractivity contribution >= 4 is 29.2 Å². The molecule has 7 rings (SSSR count). The van der Waals surface area contributed by atoms with Crippen molar-refractivity contribution in [1.82, 2.24) is 15.0 Å². The minimum Gasteiger partial charge on any atom is -0.507 e. The van der Waals surface area contributed by atoms with Crippen LogP contribution in [0, 0.1) is 0 Å². The van der Waals surface area contributed by atoms with Gasteiger partial charge in [-0.3, -0.25) is 24.2 Å². The van der Waals surface area contributed by atoms with Gasteiger partial charge in [-0.1, -0.05) is 24.3 Å². The minimum absolute atomic E-state index is 0.00588. The van der Waals surface area contributed by atoms with Gasteiger partial charge >= 0.3 is 17.6 Å². The number of alkyl halides is 2. The summed E-state index contributed by atoms with van der Waals surface area (Å²) in [6.07, 6.45) is -9.06. The van der Waals surface area contributed by atoms with Crippen LogP contribution in [0.2, 0.25) is 0 Å². The molecule has 3 aromatic rings. The molecule has 2 aliphatic carbocycles. The molecule has 2 saturated heterocycles. The number of fused-ring (bicyclic) bond motifs is 3. The number of nitrogens with two attached hydrogens (primary N) is 3. The lowest BCUT2D eigenvalue weighted by molar-refractivity contribution is -0.247. The van der Waals surface area contributed by atoms with Crippen molar-refractivity contribution in [3.05, 3.63) is 80.4 Å². The first-order valence-electron chi connectivity index (χ1n) is 17.7. The van der Waals surface area contributed by atoms with Crippen LogP contribution in [0.4, 0.5) is 19.4 Å². The van der Waals surface area contributed by atoms with Crippen LogP contribution >= 0.6 is 0 Å². The molecule has 0 saturated carbocycles. The van der Waals surface area contributed by atoms with Crippen molar-refractivity contribution in [3.63, 3.8) is 0 Å². The number of aromatic nitrogens is 2. The van der Waals surface area contributed by atoms with E-state index in [1.807, 2.05) is 0 Å². The van der Waals surface area contributed by atoms with Crippen LogP contribution in [0.15, 0.2) is 41.3 Å². The van der Waals surface area contributed by atoms with Crippen LogP contribution in [0.3, 0.4) is 0 Å². The second-order valence-corrected chi connectivity index (χ2v) is 14.1. The maximum absolute atomic E-state index is 13.7. The summed E-state index contributed by atoms with van der Waals surface area (Å²) in [6, 6.07) is 5.61. The number of aliphatic hydroxyl groups excluding tert-OH is 3. The lowest BCUT2D eigenvalue weighted by atomic mass is 9.72. The smallest absolute Gasteiger partial charge is 0.351 e. The number of aliphatic hydroxyl groups is 4. The third-order valence-electron chi connectivity index (χ3n) is 10.3. The number of halogens is 2. The number of carbonyl (C=O) groups excluding carboxylic acids is 4. The van der Waals surface area contributed by atoms with Gasteiger partial charge < -0.3 is 62.1 Å². The van der Waals surface area contributed by atoms with E-state index in [0.717, 1.165) is 12.3 Å². The predicted octanol–water partition coefficient (Wildman–Crippen LogP) is -1.22. The summed E-state index contributed by atoms with van der Waals surface area (Å²) >= 11 is 0. The normalized spacial score (nSPS) is 29.1. The van der Waals surface area contributed by atoms with Gasteiger partial charge in [0.25, 0.3) is 0 Å². The number of phenolic OH excluding ortho intramolecular Hbond substituents is 2. The number of urea groups is 1. The molecule has 2 aliphatic heterocycles. The number of nitrogen functional groups attached to an aromatic ring is 1. The number of nitrogens with zero attached hydrogens (tertiary/aromatic N) is 2. The van der Waals surface area contributed by atoms with Crippen LogP contribution in [-0.2, 0) is 25.4 Å². The highest BCUT2D eigenvalue weighted by atomic mass is 19.3. The van der Waals surface area contributed by atoms with Gasteiger partial charge in [-0.15, -0.1) is 0 Å². The van der Waals surface area contributed by atoms with Crippen molar-refractivity contribution < 1.29 is 78.0 Å². The van der Waals surface area contributed by atoms with E-state index in [-0.39, 0.29) is 52.0 Å². The zero-order valence-corrected chi connectivity index (χ0v) is 31.2. The summed E-state index contributed by atoms with van der Waals surface area (Å²) in [5.41, 5.74) is 13.0. The number of hydroxylamine groups is 1. The molecule has 0 radical (unpaired) electrons. The number of phenols is 2. The molecule has 21 nitrogen and oxygen atoms in total. The summed E-state index contributed by atoms with van der Waals surface area (Å²) in [5.74, 6) is -6.88. The SMILES string of the molecule is CC(=O)[C@]1(O)Cc2c(O)c3c(c(O)c2[C@@H](O[C@H]2C[C@H](N)[C@H](O)[C@H](C)O2)C1)C(=O)c1ccccc1C3=O.NC(=O)NO.Nc1ccn([C@@H]2O[C@H](CO)[C@@H](O)C2(F)F)c(=O)n1. The van der Waals surface area contributed by atoms with Gasteiger partial charge in [0.15, 0.2) is 29.7 Å². The topological polar surface area (TPSA) is 363 Å². The van der Waals surface area contributed by atoms with E-state index < -0.39 is 114 Å². The summed E-state index contributed by atoms with van der Waals surface area (Å²) in [7, 11) is 0. The molecule has 0 unspecified atom stereocenters. The molecule has 0 bridgehead atoms. The fourth-order valence-electron chi connectivity index (χ4n) is 7.15. The zero-order chi connectivity index (χ0) is 43.9. The summed E-state index contributed by atoms with van der Waals surface area (Å²) < 4.78 is 44.5. The number of nitrogens with one attached hydrogen (secondary N) is 1. The summed E-state index contributed by atoms with van der Waals surface area (Å²) in [5, 5.41) is 69.3. The number of Topliss-reactive ketones (excluding diaryl/α,β-unsaturated/α-hetero) is 1. The number of hydrogen-bond donors (Lipinski definition) is 11. The predicted molar refractivity (Wildman–Crippen MR) is 193 cm³/mol. The molecule has 2 amide bonds. The molecule has 3 heterocycles. The zero-order valence-electron chi connectivity index (χ0n) is 31.2. The van der Waals surface area contributed by atoms with Crippen molar-refractivity contribution in [2.45, 2.75) is 93.7 Å². The standard InChI is InChI=1S/C26H27NO9.C9H11F2N3O4.CH4N2O2/c1-10-21(29)15(27)7-17(35-10)36-16-9-26(34,11(2)28)8-14-18(16)25(33)20-19(24(14)32)22(30)12-5-3-4-6-13(12)23(20)31;10-9(11)6(16)4(3-15)18-7(9)14-2-1-5(12)13-8(14)17;2-1(4)3-5/h3-6,10,15-17,21,29,32-34H,7-9,27H2,1-2H3;1-2,4,6-7,15-16H,3H2,(H2,12,13,17);5H,(H3,2,3,4)/t10-,15-,16-,17-,21+,26-;4-,6-,7-;/m01./s1. The highest BCUT2D eigenvalue weighted by molar-refractivity contribution is 6.30. The van der Waals surface area contributed by atoms with Crippen LogP contribution in [0.1, 0.15) is 82.0 Å². The van der Waals surface area contributed by atoms with E-state index in [1.54, 1.807) is 19.1 Å². The first kappa shape index (κ1) is 44.6. The Hall–Kier alpha value is -5.50. The number of primary amides is 1. The second-order valence-electron chi connectivity index (χ2n) is 14.1. The Morgan fingerprint density at radius 2 is 1.63 bits per heavy atom. The molecular weight excluding hydrogens is 794 g/mol. The monoisotopic (exact) mass is 836 g/mol. The average Bonchev–Trinajstić information content (AvgIpc) is 3.41. The average molecular weight is 837 g/mol. The lowest BCUT2D eigenvalue weighted by Gasteiger charge is -2.42. The molecule has 0 spiro atoms. The van der Waals surface area contributed by atoms with Crippen LogP contribution in [-0.4, -0.2) is 124 Å². The molecule has 1 aromatic heterocycles. The van der Waals surface area contributed by atoms with Gasteiger partial charge in [0.2, 0.25) is 6.23 Å². The molecule has 4 aliphatic rings. The van der Waals surface area contributed by atoms with E-state index in [1.165, 1.54) is 24.5 Å². The highest BCUT2D eigenvalue weighted by Gasteiger charge is 2.59. The minimum atomic E-state index is -3.71. The Morgan fingerprint density at radius 3 is 2.12 bits per heavy atom. The van der Waals surface area contributed by atoms with Crippen LogP contribution in [0.5, 0.6) is 11.5 Å². The summed E-state index contributed by atoms with van der Waals surface area (Å²) in [6.45, 7) is 2.01. The molecule has 14 N–H and O–H groups in total. The second kappa shape index (κ2) is 17.0. The van der Waals surface area contributed by atoms with Gasteiger partial charge in [-0.05, 0) is 19.9 Å². The van der Waals surface area contributed by atoms with Crippen LogP contribution < -0.4 is 28.4 Å². The Bertz CT molecular complexity index is 2200. The third-order valence-corrected chi connectivity index (χ3v) is 10.3. The molecule has 320 valence electrons. The Labute approximate surface area is 331 Å². The van der Waals surface area contributed by atoms with Gasteiger partial charge in [0.05, 0.1) is 36.0 Å². The van der Waals surface area contributed by atoms with Crippen molar-refractivity contribution in [2.24, 2.45) is 11.5 Å². The third kappa shape index (κ3) is 8.37. The molecule has 2 aromatic carbocycles. The fourth-order valence-corrected chi connectivity index (χ4v) is 7.15. The number of carbonyl (C=O) groups is 4. The fraction of sp³-hybridized carbons (Fsp3) is 0.444. The van der Waals surface area contributed by atoms with E-state index in [9.17, 15) is 58.3 Å². The highest BCUT2D eigenvalue weighted by Crippen LogP contribution is 2.52. The molecular formula is C36H42F2N6O15. The largest absolute Gasteiger partial charge is 0.507 e. The van der Waals surface area contributed by atoms with Gasteiger partial charge in [0.1, 0.15) is 29.0 Å². The van der Waals surface area contributed by atoms with Crippen molar-refractivity contribution in [1.29, 1.82) is 0 Å². The van der Waals surface area contributed by atoms with E-state index in [0.29, 0.717) is 4.57 Å². The molecule has 23 heteroatoms. The number of hydrogen-bond acceptors (Lipinski definition) is 18. The number of aromatic hydroxyl groups is 2. The van der Waals surface area contributed by atoms with Gasteiger partial charge in [0, 0.05) is 53.8 Å². The molecule has 59 heavy (non-hydrogen) atoms. The Balaban J connectivity index is 0.000000239. The van der Waals surface area contributed by atoms with E-state index >= 15 is 0 Å². The number of benzene rings is 2. The Morgan fingerprint density at radius 1 is 1.05 bits per heavy atom. The maximum atomic E-state index is 13.7. The number of amides is 2. The number of ketones is 3. The first-order valence-corrected chi connectivity index (χ1v) is 17.7. The van der Waals surface area contributed by atoms with Crippen LogP contribution in [0.25, 0.3) is 0 Å². The van der Waals surface area contributed by atoms with Crippen molar-refractivity contribution in [2.75, 3.05) is 12.3 Å². The number of rotatable bonds is 5. The molecule has 9 atom stereocenters. The maximum Gasteiger partial charge on any atom is 0.351 e. The van der Waals surface area contributed by atoms with Gasteiger partial charge in [-0.2, -0.15) is 13.8 Å². The lowest BCUT2D eigenvalue weighted by Crippen LogP contribution is -2.52. The number of anilines is 1. The van der Waals surface area contributed by atoms with E-state index in [4.69, 9.17) is 36.0 Å². The summed E-state index contributed by atoms with van der Waals surface area (Å²) in [4.78, 5) is 63.0. The quantitative estimate of drug-likeness (QED) is 0.0637. The number of ether oxygens (including phenoxy) is 3. The van der Waals surface area contributed by atoms with Gasteiger partial charge in [-0.25, -0.2) is 15.1 Å².